The van der Waals surface area contributed by atoms with E-state index in [0.717, 1.165) is 24.4 Å². The summed E-state index contributed by atoms with van der Waals surface area (Å²) in [6, 6.07) is 0. The largest absolute Gasteiger partial charge is 0.491 e. The zero-order valence-corrected chi connectivity index (χ0v) is 5.80. The quantitative estimate of drug-likeness (QED) is 0.506. The number of hydrogen-bond donors (Lipinski definition) is 0. The predicted molar refractivity (Wildman–Crippen MR) is 37.3 cm³/mol. The minimum atomic E-state index is 0.698. The molecular weight excluding hydrogens is 128 g/mol. The molecule has 0 aromatic heterocycles. The Bertz CT molecular complexity index is 191. The van der Waals surface area contributed by atoms with Crippen LogP contribution < -0.4 is 0 Å². The zero-order valence-electron chi connectivity index (χ0n) is 5.80. The van der Waals surface area contributed by atoms with Crippen molar-refractivity contribution in [2.45, 2.75) is 12.8 Å². The lowest BCUT2D eigenvalue weighted by Gasteiger charge is -2.22. The van der Waals surface area contributed by atoms with Crippen molar-refractivity contribution in [2.24, 2.45) is 0 Å². The normalized spacial score (nSPS) is 23.2. The van der Waals surface area contributed by atoms with Gasteiger partial charge in [-0.15, -0.1) is 0 Å². The fourth-order valence-electron chi connectivity index (χ4n) is 1.21. The van der Waals surface area contributed by atoms with Crippen LogP contribution in [0.5, 0.6) is 0 Å². The van der Waals surface area contributed by atoms with Crippen molar-refractivity contribution < 1.29 is 9.47 Å². The van der Waals surface area contributed by atoms with E-state index in [2.05, 4.69) is 6.08 Å². The van der Waals surface area contributed by atoms with Gasteiger partial charge in [-0.2, -0.15) is 0 Å². The molecule has 10 heavy (non-hydrogen) atoms. The Hall–Kier alpha value is -0.920. The molecule has 1 aliphatic heterocycles. The van der Waals surface area contributed by atoms with E-state index in [-0.39, 0.29) is 0 Å². The summed E-state index contributed by atoms with van der Waals surface area (Å²) in [5.41, 5.74) is 0. The summed E-state index contributed by atoms with van der Waals surface area (Å²) in [4.78, 5) is 0. The van der Waals surface area contributed by atoms with E-state index in [9.17, 15) is 0 Å². The first kappa shape index (κ1) is 5.83. The van der Waals surface area contributed by atoms with E-state index >= 15 is 0 Å². The van der Waals surface area contributed by atoms with Crippen molar-refractivity contribution in [1.29, 1.82) is 0 Å². The fraction of sp³-hybridized carbons (Fsp3) is 0.500. The molecule has 2 heteroatoms. The summed E-state index contributed by atoms with van der Waals surface area (Å²) in [6.07, 6.45) is 6.21. The van der Waals surface area contributed by atoms with Gasteiger partial charge in [-0.1, -0.05) is 6.08 Å². The highest BCUT2D eigenvalue weighted by Crippen LogP contribution is 2.23. The second kappa shape index (κ2) is 2.37. The second-order valence-corrected chi connectivity index (χ2v) is 2.43. The monoisotopic (exact) mass is 138 g/mol. The van der Waals surface area contributed by atoms with Crippen LogP contribution in [0.25, 0.3) is 0 Å². The Morgan fingerprint density at radius 1 is 1.20 bits per heavy atom. The summed E-state index contributed by atoms with van der Waals surface area (Å²) < 4.78 is 10.7. The fourth-order valence-corrected chi connectivity index (χ4v) is 1.21. The summed E-state index contributed by atoms with van der Waals surface area (Å²) in [6.45, 7) is 1.41. The van der Waals surface area contributed by atoms with Crippen LogP contribution in [0, 0.1) is 0 Å². The number of hydrogen-bond acceptors (Lipinski definition) is 2. The van der Waals surface area contributed by atoms with E-state index in [0.29, 0.717) is 13.2 Å². The second-order valence-electron chi connectivity index (χ2n) is 2.43. The van der Waals surface area contributed by atoms with Crippen LogP contribution in [0.4, 0.5) is 0 Å². The van der Waals surface area contributed by atoms with Crippen LogP contribution in [-0.2, 0) is 9.47 Å². The van der Waals surface area contributed by atoms with Gasteiger partial charge in [0.25, 0.3) is 0 Å². The van der Waals surface area contributed by atoms with Crippen LogP contribution in [-0.4, -0.2) is 13.2 Å². The van der Waals surface area contributed by atoms with Gasteiger partial charge < -0.3 is 9.47 Å². The van der Waals surface area contributed by atoms with Gasteiger partial charge in [0.2, 0.25) is 0 Å². The molecule has 1 aliphatic carbocycles. The molecule has 0 fully saturated rings. The molecule has 54 valence electrons. The number of allylic oxidation sites excluding steroid dienone is 3. The van der Waals surface area contributed by atoms with Crippen LogP contribution in [0.15, 0.2) is 23.7 Å². The molecule has 2 nitrogen and oxygen atoms in total. The summed E-state index contributed by atoms with van der Waals surface area (Å²) >= 11 is 0. The Morgan fingerprint density at radius 2 is 2.10 bits per heavy atom. The van der Waals surface area contributed by atoms with Crippen molar-refractivity contribution in [1.82, 2.24) is 0 Å². The van der Waals surface area contributed by atoms with Gasteiger partial charge in [0, 0.05) is 6.42 Å². The lowest BCUT2D eigenvalue weighted by molar-refractivity contribution is 0.0631. The minimum absolute atomic E-state index is 0.698. The minimum Gasteiger partial charge on any atom is -0.491 e. The Morgan fingerprint density at radius 3 is 3.00 bits per heavy atom. The average molecular weight is 138 g/mol. The maximum Gasteiger partial charge on any atom is 0.156 e. The van der Waals surface area contributed by atoms with E-state index in [4.69, 9.17) is 9.47 Å². The zero-order chi connectivity index (χ0) is 6.81. The topological polar surface area (TPSA) is 18.5 Å². The predicted octanol–water partition coefficient (Wildman–Crippen LogP) is 1.59. The highest BCUT2D eigenvalue weighted by atomic mass is 16.6. The van der Waals surface area contributed by atoms with Crippen LogP contribution in [0.2, 0.25) is 0 Å². The molecule has 0 saturated heterocycles. The Balaban J connectivity index is 2.23. The number of rotatable bonds is 0. The lowest BCUT2D eigenvalue weighted by Crippen LogP contribution is -2.14. The summed E-state index contributed by atoms with van der Waals surface area (Å²) in [5, 5.41) is 0. The maximum atomic E-state index is 5.39. The molecule has 2 aliphatic rings. The van der Waals surface area contributed by atoms with Gasteiger partial charge in [-0.25, -0.2) is 0 Å². The molecule has 0 radical (unpaired) electrons. The van der Waals surface area contributed by atoms with Crippen molar-refractivity contribution in [3.63, 3.8) is 0 Å². The van der Waals surface area contributed by atoms with Crippen molar-refractivity contribution >= 4 is 0 Å². The first-order valence-electron chi connectivity index (χ1n) is 3.62. The Kier molecular flexibility index (Phi) is 1.38. The van der Waals surface area contributed by atoms with Gasteiger partial charge in [0.15, 0.2) is 5.76 Å². The van der Waals surface area contributed by atoms with Gasteiger partial charge in [-0.05, 0) is 12.5 Å². The maximum absolute atomic E-state index is 5.39. The van der Waals surface area contributed by atoms with Gasteiger partial charge >= 0.3 is 0 Å². The first-order chi connectivity index (χ1) is 4.97. The molecule has 0 unspecified atom stereocenters. The highest BCUT2D eigenvalue weighted by molar-refractivity contribution is 5.21. The SMILES string of the molecule is C1=CC2=C(CC1)OCCO2. The molecule has 0 aromatic carbocycles. The smallest absolute Gasteiger partial charge is 0.156 e. The van der Waals surface area contributed by atoms with Crippen LogP contribution in [0.1, 0.15) is 12.8 Å². The van der Waals surface area contributed by atoms with Crippen LogP contribution >= 0.6 is 0 Å². The Labute approximate surface area is 60.1 Å². The van der Waals surface area contributed by atoms with E-state index < -0.39 is 0 Å². The standard InChI is InChI=1S/C8H10O2/c1-2-4-8-7(3-1)9-5-6-10-8/h1,3H,2,4-6H2. The van der Waals surface area contributed by atoms with E-state index in [1.807, 2.05) is 6.08 Å². The molecule has 0 amide bonds. The summed E-state index contributed by atoms with van der Waals surface area (Å²) in [7, 11) is 0. The van der Waals surface area contributed by atoms with Gasteiger partial charge in [0.1, 0.15) is 19.0 Å². The molecule has 0 bridgehead atoms. The molecule has 1 heterocycles. The van der Waals surface area contributed by atoms with Gasteiger partial charge in [0.05, 0.1) is 0 Å². The molecule has 0 aromatic rings. The lowest BCUT2D eigenvalue weighted by atomic mass is 10.1. The molecule has 0 spiro atoms. The third-order valence-electron chi connectivity index (χ3n) is 1.70. The van der Waals surface area contributed by atoms with Crippen molar-refractivity contribution in [3.05, 3.63) is 23.7 Å². The molecule has 2 rings (SSSR count). The van der Waals surface area contributed by atoms with Crippen molar-refractivity contribution in [2.75, 3.05) is 13.2 Å². The summed E-state index contributed by atoms with van der Waals surface area (Å²) in [5.74, 6) is 1.98. The average Bonchev–Trinajstić information content (AvgIpc) is 2.05. The number of ether oxygens (including phenoxy) is 2. The molecule has 0 saturated carbocycles. The first-order valence-corrected chi connectivity index (χ1v) is 3.62. The third-order valence-corrected chi connectivity index (χ3v) is 1.70. The molecule has 0 N–H and O–H groups in total. The van der Waals surface area contributed by atoms with E-state index in [1.54, 1.807) is 0 Å². The van der Waals surface area contributed by atoms with Crippen LogP contribution in [0.3, 0.4) is 0 Å². The third kappa shape index (κ3) is 0.897. The van der Waals surface area contributed by atoms with Gasteiger partial charge in [-0.3, -0.25) is 0 Å². The van der Waals surface area contributed by atoms with E-state index in [1.165, 1.54) is 0 Å². The highest BCUT2D eigenvalue weighted by Gasteiger charge is 2.14. The molecular formula is C8H10O2. The molecule has 0 atom stereocenters. The van der Waals surface area contributed by atoms with Crippen molar-refractivity contribution in [3.8, 4) is 0 Å².